The lowest BCUT2D eigenvalue weighted by atomic mass is 9.80. The third-order valence-corrected chi connectivity index (χ3v) is 2.81. The van der Waals surface area contributed by atoms with E-state index in [4.69, 9.17) is 4.74 Å². The lowest BCUT2D eigenvalue weighted by molar-refractivity contribution is -0.144. The molecule has 0 aliphatic carbocycles. The highest BCUT2D eigenvalue weighted by atomic mass is 16.5. The van der Waals surface area contributed by atoms with Crippen molar-refractivity contribution in [2.24, 2.45) is 11.3 Å². The molecule has 0 aromatic rings. The van der Waals surface area contributed by atoms with Gasteiger partial charge in [-0.15, -0.1) is 0 Å². The summed E-state index contributed by atoms with van der Waals surface area (Å²) in [4.78, 5) is 10.8. The third-order valence-electron chi connectivity index (χ3n) is 2.81. The lowest BCUT2D eigenvalue weighted by Gasteiger charge is -2.28. The zero-order chi connectivity index (χ0) is 12.6. The van der Waals surface area contributed by atoms with Crippen molar-refractivity contribution in [1.29, 1.82) is 0 Å². The average molecular weight is 224 g/mol. The van der Waals surface area contributed by atoms with Crippen molar-refractivity contribution in [3.8, 4) is 0 Å². The first kappa shape index (κ1) is 14.9. The molecule has 16 heavy (non-hydrogen) atoms. The van der Waals surface area contributed by atoms with Gasteiger partial charge in [-0.3, -0.25) is 4.79 Å². The predicted molar refractivity (Wildman–Crippen MR) is 68.1 cm³/mol. The van der Waals surface area contributed by atoms with Gasteiger partial charge in [-0.25, -0.2) is 0 Å². The van der Waals surface area contributed by atoms with E-state index in [0.717, 1.165) is 6.42 Å². The van der Waals surface area contributed by atoms with Crippen LogP contribution >= 0.6 is 0 Å². The van der Waals surface area contributed by atoms with E-state index < -0.39 is 0 Å². The first-order valence-corrected chi connectivity index (χ1v) is 5.81. The number of carbonyl (C=O) groups is 1. The van der Waals surface area contributed by atoms with Crippen molar-refractivity contribution >= 4 is 5.97 Å². The van der Waals surface area contributed by atoms with E-state index in [1.165, 1.54) is 6.92 Å². The number of hydrogen-bond donors (Lipinski definition) is 0. The minimum absolute atomic E-state index is 0.0158. The number of hydrogen-bond acceptors (Lipinski definition) is 2. The van der Waals surface area contributed by atoms with Crippen LogP contribution in [0, 0.1) is 11.3 Å². The maximum Gasteiger partial charge on any atom is 0.302 e. The first-order valence-electron chi connectivity index (χ1n) is 5.81. The van der Waals surface area contributed by atoms with Gasteiger partial charge < -0.3 is 4.74 Å². The zero-order valence-electron chi connectivity index (χ0n) is 11.1. The molecule has 0 aromatic carbocycles. The van der Waals surface area contributed by atoms with E-state index in [2.05, 4.69) is 39.0 Å². The van der Waals surface area contributed by atoms with Crippen LogP contribution < -0.4 is 0 Å². The number of esters is 1. The molecular weight excluding hydrogens is 200 g/mol. The fraction of sp³-hybridized carbons (Fsp3) is 0.643. The minimum Gasteiger partial charge on any atom is -0.465 e. The minimum atomic E-state index is -0.210. The zero-order valence-corrected chi connectivity index (χ0v) is 11.1. The first-order chi connectivity index (χ1) is 7.40. The van der Waals surface area contributed by atoms with E-state index in [9.17, 15) is 4.79 Å². The van der Waals surface area contributed by atoms with Crippen LogP contribution in [-0.2, 0) is 9.53 Å². The van der Waals surface area contributed by atoms with Gasteiger partial charge in [0.2, 0.25) is 0 Å². The summed E-state index contributed by atoms with van der Waals surface area (Å²) in [5.74, 6) is 0.176. The molecule has 0 spiro atoms. The van der Waals surface area contributed by atoms with Crippen LogP contribution in [0.1, 0.15) is 41.0 Å². The Labute approximate surface area is 99.4 Å². The van der Waals surface area contributed by atoms with Gasteiger partial charge in [-0.1, -0.05) is 45.1 Å². The molecule has 0 N–H and O–H groups in total. The SMILES string of the molecule is C/C=C\C/C=C\C(C)C(C)(C)COC(C)=O. The molecule has 0 aromatic heterocycles. The lowest BCUT2D eigenvalue weighted by Crippen LogP contribution is -2.27. The molecule has 2 heteroatoms. The number of carbonyl (C=O) groups excluding carboxylic acids is 1. The van der Waals surface area contributed by atoms with Gasteiger partial charge >= 0.3 is 5.97 Å². The standard InChI is InChI=1S/C14H24O2/c1-6-7-8-9-10-12(2)14(4,5)11-16-13(3)15/h6-7,9-10,12H,8,11H2,1-5H3/b7-6-,10-9-. The van der Waals surface area contributed by atoms with Crippen molar-refractivity contribution in [1.82, 2.24) is 0 Å². The van der Waals surface area contributed by atoms with Gasteiger partial charge in [-0.2, -0.15) is 0 Å². The van der Waals surface area contributed by atoms with Crippen LogP contribution in [0.3, 0.4) is 0 Å². The number of rotatable bonds is 6. The highest BCUT2D eigenvalue weighted by Gasteiger charge is 2.25. The molecular formula is C14H24O2. The van der Waals surface area contributed by atoms with Crippen molar-refractivity contribution in [3.05, 3.63) is 24.3 Å². The molecule has 0 aliphatic rings. The summed E-state index contributed by atoms with van der Waals surface area (Å²) in [6.45, 7) is 10.3. The van der Waals surface area contributed by atoms with Gasteiger partial charge in [0.05, 0.1) is 6.61 Å². The smallest absolute Gasteiger partial charge is 0.302 e. The van der Waals surface area contributed by atoms with E-state index in [1.54, 1.807) is 0 Å². The van der Waals surface area contributed by atoms with Crippen molar-refractivity contribution in [3.63, 3.8) is 0 Å². The number of ether oxygens (including phenoxy) is 1. The molecule has 0 radical (unpaired) electrons. The average Bonchev–Trinajstić information content (AvgIpc) is 2.21. The Morgan fingerprint density at radius 1 is 1.38 bits per heavy atom. The molecule has 1 unspecified atom stereocenters. The van der Waals surface area contributed by atoms with Gasteiger partial charge in [0.1, 0.15) is 0 Å². The largest absolute Gasteiger partial charge is 0.465 e. The Kier molecular flexibility index (Phi) is 6.78. The van der Waals surface area contributed by atoms with Crippen LogP contribution in [-0.4, -0.2) is 12.6 Å². The second-order valence-corrected chi connectivity index (χ2v) is 4.79. The van der Waals surface area contributed by atoms with Crippen molar-refractivity contribution in [2.45, 2.75) is 41.0 Å². The summed E-state index contributed by atoms with van der Waals surface area (Å²) in [6.07, 6.45) is 9.45. The second kappa shape index (κ2) is 7.26. The van der Waals surface area contributed by atoms with Crippen molar-refractivity contribution < 1.29 is 9.53 Å². The Morgan fingerprint density at radius 3 is 2.50 bits per heavy atom. The fourth-order valence-electron chi connectivity index (χ4n) is 1.18. The summed E-state index contributed by atoms with van der Waals surface area (Å²) in [5, 5.41) is 0. The molecule has 0 amide bonds. The molecule has 1 atom stereocenters. The normalized spacial score (nSPS) is 14.6. The molecule has 0 aliphatic heterocycles. The topological polar surface area (TPSA) is 26.3 Å². The Hall–Kier alpha value is -1.05. The van der Waals surface area contributed by atoms with Crippen molar-refractivity contribution in [2.75, 3.05) is 6.61 Å². The van der Waals surface area contributed by atoms with Gasteiger partial charge in [-0.05, 0) is 19.3 Å². The second-order valence-electron chi connectivity index (χ2n) is 4.79. The highest BCUT2D eigenvalue weighted by Crippen LogP contribution is 2.28. The predicted octanol–water partition coefficient (Wildman–Crippen LogP) is 3.73. The Balaban J connectivity index is 4.16. The molecule has 0 bridgehead atoms. The highest BCUT2D eigenvalue weighted by molar-refractivity contribution is 5.65. The maximum absolute atomic E-state index is 10.8. The van der Waals surface area contributed by atoms with E-state index in [-0.39, 0.29) is 11.4 Å². The van der Waals surface area contributed by atoms with Crippen LogP contribution in [0.15, 0.2) is 24.3 Å². The third kappa shape index (κ3) is 6.44. The molecule has 2 nitrogen and oxygen atoms in total. The van der Waals surface area contributed by atoms with Gasteiger partial charge in [0.15, 0.2) is 0 Å². The Bertz CT molecular complexity index is 262. The van der Waals surface area contributed by atoms with E-state index in [0.29, 0.717) is 12.5 Å². The van der Waals surface area contributed by atoms with E-state index in [1.807, 2.05) is 13.0 Å². The number of allylic oxidation sites excluding steroid dienone is 4. The molecule has 0 saturated carbocycles. The summed E-state index contributed by atoms with van der Waals surface area (Å²) < 4.78 is 5.07. The van der Waals surface area contributed by atoms with Crippen LogP contribution in [0.25, 0.3) is 0 Å². The molecule has 0 fully saturated rings. The quantitative estimate of drug-likeness (QED) is 0.507. The molecule has 0 heterocycles. The summed E-state index contributed by atoms with van der Waals surface area (Å²) in [5.41, 5.74) is -0.0158. The Morgan fingerprint density at radius 2 is 2.00 bits per heavy atom. The van der Waals surface area contributed by atoms with Crippen LogP contribution in [0.4, 0.5) is 0 Å². The van der Waals surface area contributed by atoms with Crippen LogP contribution in [0.2, 0.25) is 0 Å². The van der Waals surface area contributed by atoms with Gasteiger partial charge in [0.25, 0.3) is 0 Å². The van der Waals surface area contributed by atoms with Crippen LogP contribution in [0.5, 0.6) is 0 Å². The summed E-state index contributed by atoms with van der Waals surface area (Å²) >= 11 is 0. The fourth-order valence-corrected chi connectivity index (χ4v) is 1.18. The maximum atomic E-state index is 10.8. The summed E-state index contributed by atoms with van der Waals surface area (Å²) in [6, 6.07) is 0. The summed E-state index contributed by atoms with van der Waals surface area (Å²) in [7, 11) is 0. The molecule has 0 rings (SSSR count). The molecule has 0 saturated heterocycles. The monoisotopic (exact) mass is 224 g/mol. The van der Waals surface area contributed by atoms with E-state index >= 15 is 0 Å². The van der Waals surface area contributed by atoms with Gasteiger partial charge in [0, 0.05) is 12.3 Å². The molecule has 92 valence electrons.